The molecule has 0 fully saturated rings. The molecule has 6 heteroatoms. The molecule has 37 heavy (non-hydrogen) atoms. The van der Waals surface area contributed by atoms with Gasteiger partial charge in [0, 0.05) is 26.2 Å². The smallest absolute Gasteiger partial charge is 0.229 e. The van der Waals surface area contributed by atoms with E-state index in [1.807, 2.05) is 0 Å². The molecule has 6 nitrogen and oxygen atoms in total. The average Bonchev–Trinajstić information content (AvgIpc) is 2.88. The summed E-state index contributed by atoms with van der Waals surface area (Å²) >= 11 is 0. The first-order valence-corrected chi connectivity index (χ1v) is 16.0. The topological polar surface area (TPSA) is 64.7 Å². The van der Waals surface area contributed by atoms with Crippen molar-refractivity contribution < 1.29 is 9.59 Å². The van der Waals surface area contributed by atoms with Gasteiger partial charge < -0.3 is 20.4 Å². The number of nitrogens with one attached hydrogen (secondary N) is 2. The fourth-order valence-electron chi connectivity index (χ4n) is 4.70. The highest BCUT2D eigenvalue weighted by Gasteiger charge is 2.11. The number of carbonyl (C=O) groups is 2. The van der Waals surface area contributed by atoms with E-state index in [1.54, 1.807) is 0 Å². The van der Waals surface area contributed by atoms with E-state index < -0.39 is 0 Å². The minimum absolute atomic E-state index is 0.0694. The van der Waals surface area contributed by atoms with Gasteiger partial charge in [0.1, 0.15) is 6.42 Å². The Morgan fingerprint density at radius 3 is 1.00 bits per heavy atom. The Morgan fingerprint density at radius 1 is 0.432 bits per heavy atom. The second-order valence-corrected chi connectivity index (χ2v) is 10.8. The summed E-state index contributed by atoms with van der Waals surface area (Å²) < 4.78 is 0. The summed E-state index contributed by atoms with van der Waals surface area (Å²) in [6.45, 7) is 16.4. The van der Waals surface area contributed by atoms with E-state index in [1.165, 1.54) is 103 Å². The Morgan fingerprint density at radius 2 is 0.730 bits per heavy atom. The van der Waals surface area contributed by atoms with Crippen LogP contribution in [0.15, 0.2) is 0 Å². The normalized spacial score (nSPS) is 11.4. The summed E-state index contributed by atoms with van der Waals surface area (Å²) in [4.78, 5) is 29.6. The summed E-state index contributed by atoms with van der Waals surface area (Å²) in [5.41, 5.74) is 0. The third kappa shape index (κ3) is 24.9. The van der Waals surface area contributed by atoms with Crippen molar-refractivity contribution >= 4 is 11.8 Å². The molecule has 0 saturated carbocycles. The van der Waals surface area contributed by atoms with Gasteiger partial charge >= 0.3 is 0 Å². The molecule has 220 valence electrons. The molecule has 0 aliphatic heterocycles. The first-order chi connectivity index (χ1) is 18.1. The number of amides is 2. The van der Waals surface area contributed by atoms with Crippen molar-refractivity contribution in [3.05, 3.63) is 0 Å². The van der Waals surface area contributed by atoms with E-state index >= 15 is 0 Å². The summed E-state index contributed by atoms with van der Waals surface area (Å²) in [5.74, 6) is -0.323. The lowest BCUT2D eigenvalue weighted by Gasteiger charge is -2.23. The molecule has 0 radical (unpaired) electrons. The van der Waals surface area contributed by atoms with Gasteiger partial charge in [0.25, 0.3) is 0 Å². The van der Waals surface area contributed by atoms with Crippen LogP contribution in [-0.2, 0) is 9.59 Å². The van der Waals surface area contributed by atoms with Gasteiger partial charge in [-0.25, -0.2) is 0 Å². The molecule has 0 aliphatic rings. The lowest BCUT2D eigenvalue weighted by molar-refractivity contribution is -0.129. The number of nitrogens with zero attached hydrogens (tertiary/aromatic N) is 2. The van der Waals surface area contributed by atoms with E-state index in [0.29, 0.717) is 13.1 Å². The van der Waals surface area contributed by atoms with Gasteiger partial charge in [0.2, 0.25) is 11.8 Å². The van der Waals surface area contributed by atoms with Crippen LogP contribution in [0.2, 0.25) is 0 Å². The maximum atomic E-state index is 12.3. The van der Waals surface area contributed by atoms with E-state index in [2.05, 4.69) is 48.1 Å². The minimum Gasteiger partial charge on any atom is -0.354 e. The second-order valence-electron chi connectivity index (χ2n) is 10.8. The highest BCUT2D eigenvalue weighted by molar-refractivity contribution is 5.96. The molecule has 2 amide bonds. The Bertz CT molecular complexity index is 447. The second kappa shape index (κ2) is 27.9. The quantitative estimate of drug-likeness (QED) is 0.0901. The van der Waals surface area contributed by atoms with Gasteiger partial charge in [-0.05, 0) is 51.9 Å². The Labute approximate surface area is 231 Å². The summed E-state index contributed by atoms with van der Waals surface area (Å²) in [5, 5.41) is 5.95. The highest BCUT2D eigenvalue weighted by Crippen LogP contribution is 2.06. The summed E-state index contributed by atoms with van der Waals surface area (Å²) in [7, 11) is 0. The van der Waals surface area contributed by atoms with Crippen LogP contribution < -0.4 is 10.6 Å². The first kappa shape index (κ1) is 35.9. The molecule has 0 bridgehead atoms. The van der Waals surface area contributed by atoms with Crippen LogP contribution in [0.25, 0.3) is 0 Å². The SMILES string of the molecule is CCCCCCN(CCCCCC)CCNC(=O)CC(=O)NCCN(CCCCCC)CCCCCC. The molecule has 2 N–H and O–H groups in total. The number of hydrogen-bond donors (Lipinski definition) is 2. The van der Waals surface area contributed by atoms with Crippen LogP contribution in [0, 0.1) is 0 Å². The number of unbranched alkanes of at least 4 members (excludes halogenated alkanes) is 12. The van der Waals surface area contributed by atoms with Gasteiger partial charge in [-0.1, -0.05) is 105 Å². The number of rotatable bonds is 28. The van der Waals surface area contributed by atoms with Crippen molar-refractivity contribution in [1.29, 1.82) is 0 Å². The van der Waals surface area contributed by atoms with E-state index in [-0.39, 0.29) is 18.2 Å². The van der Waals surface area contributed by atoms with Crippen LogP contribution in [0.4, 0.5) is 0 Å². The van der Waals surface area contributed by atoms with Crippen molar-refractivity contribution in [3.63, 3.8) is 0 Å². The Hall–Kier alpha value is -1.14. The monoisotopic (exact) mass is 525 g/mol. The zero-order chi connectivity index (χ0) is 27.4. The van der Waals surface area contributed by atoms with Gasteiger partial charge in [-0.2, -0.15) is 0 Å². The van der Waals surface area contributed by atoms with Crippen LogP contribution in [0.1, 0.15) is 137 Å². The van der Waals surface area contributed by atoms with Crippen LogP contribution in [0.5, 0.6) is 0 Å². The fourth-order valence-corrected chi connectivity index (χ4v) is 4.70. The summed E-state index contributed by atoms with van der Waals surface area (Å²) in [6, 6.07) is 0. The molecule has 0 heterocycles. The Kier molecular flexibility index (Phi) is 27.0. The van der Waals surface area contributed by atoms with E-state index in [0.717, 1.165) is 39.3 Å². The van der Waals surface area contributed by atoms with Crippen molar-refractivity contribution in [2.75, 3.05) is 52.4 Å². The van der Waals surface area contributed by atoms with E-state index in [4.69, 9.17) is 0 Å². The van der Waals surface area contributed by atoms with Gasteiger partial charge in [-0.15, -0.1) is 0 Å². The standard InChI is InChI=1S/C31H64N4O2/c1-5-9-13-17-23-34(24-18-14-10-6-2)27-21-32-30(36)29-31(37)33-22-28-35(25-19-15-11-7-3)26-20-16-12-8-4/h5-29H2,1-4H3,(H,32,36)(H,33,37). The molecular weight excluding hydrogens is 460 g/mol. The molecule has 0 aliphatic carbocycles. The zero-order valence-corrected chi connectivity index (χ0v) is 25.4. The third-order valence-corrected chi connectivity index (χ3v) is 7.13. The molecule has 0 aromatic heterocycles. The maximum absolute atomic E-state index is 12.3. The maximum Gasteiger partial charge on any atom is 0.229 e. The van der Waals surface area contributed by atoms with Crippen LogP contribution in [-0.4, -0.2) is 74.0 Å². The van der Waals surface area contributed by atoms with Gasteiger partial charge in [0.15, 0.2) is 0 Å². The molecule has 0 rings (SSSR count). The molecule has 0 atom stereocenters. The Balaban J connectivity index is 4.24. The lowest BCUT2D eigenvalue weighted by atomic mass is 10.1. The predicted molar refractivity (Wildman–Crippen MR) is 160 cm³/mol. The highest BCUT2D eigenvalue weighted by atomic mass is 16.2. The van der Waals surface area contributed by atoms with Gasteiger partial charge in [-0.3, -0.25) is 9.59 Å². The number of hydrogen-bond acceptors (Lipinski definition) is 4. The van der Waals surface area contributed by atoms with Crippen molar-refractivity contribution in [3.8, 4) is 0 Å². The van der Waals surface area contributed by atoms with Crippen molar-refractivity contribution in [2.45, 2.75) is 137 Å². The molecule has 0 spiro atoms. The summed E-state index contributed by atoms with van der Waals surface area (Å²) in [6.07, 6.45) is 20.2. The van der Waals surface area contributed by atoms with E-state index in [9.17, 15) is 9.59 Å². The predicted octanol–water partition coefficient (Wildman–Crippen LogP) is 6.53. The minimum atomic E-state index is -0.162. The molecule has 0 aromatic rings. The zero-order valence-electron chi connectivity index (χ0n) is 25.4. The third-order valence-electron chi connectivity index (χ3n) is 7.13. The molecule has 0 saturated heterocycles. The van der Waals surface area contributed by atoms with Crippen molar-refractivity contribution in [1.82, 2.24) is 20.4 Å². The van der Waals surface area contributed by atoms with Gasteiger partial charge in [0.05, 0.1) is 0 Å². The fraction of sp³-hybridized carbons (Fsp3) is 0.935. The van der Waals surface area contributed by atoms with Crippen LogP contribution >= 0.6 is 0 Å². The molecule has 0 unspecified atom stereocenters. The van der Waals surface area contributed by atoms with Crippen LogP contribution in [0.3, 0.4) is 0 Å². The first-order valence-electron chi connectivity index (χ1n) is 16.0. The largest absolute Gasteiger partial charge is 0.354 e. The lowest BCUT2D eigenvalue weighted by Crippen LogP contribution is -2.40. The average molecular weight is 525 g/mol. The van der Waals surface area contributed by atoms with Crippen molar-refractivity contribution in [2.24, 2.45) is 0 Å². The number of carbonyl (C=O) groups excluding carboxylic acids is 2. The molecular formula is C31H64N4O2. The molecule has 0 aromatic carbocycles.